The summed E-state index contributed by atoms with van der Waals surface area (Å²) in [6.45, 7) is 5.79. The molecule has 1 N–H and O–H groups in total. The largest absolute Gasteiger partial charge is 1.00 e. The molecule has 1 aromatic rings. The number of terminal acetylenes is 1. The number of nitrogens with one attached hydrogen (secondary N) is 1. The molecule has 1 amide bonds. The summed E-state index contributed by atoms with van der Waals surface area (Å²) in [6.07, 6.45) is 10.5. The fourth-order valence-corrected chi connectivity index (χ4v) is 2.64. The third-order valence-corrected chi connectivity index (χ3v) is 4.53. The van der Waals surface area contributed by atoms with Crippen LogP contribution in [0.15, 0.2) is 24.3 Å². The van der Waals surface area contributed by atoms with E-state index < -0.39 is 0 Å². The molecule has 0 heterocycles. The van der Waals surface area contributed by atoms with Crippen LogP contribution in [0.2, 0.25) is 0 Å². The van der Waals surface area contributed by atoms with Crippen LogP contribution in [-0.4, -0.2) is 44.2 Å². The number of halogens is 1. The number of quaternary nitrogens is 1. The molecule has 0 aliphatic rings. The van der Waals surface area contributed by atoms with Crippen molar-refractivity contribution >= 4 is 6.09 Å². The van der Waals surface area contributed by atoms with Crippen LogP contribution in [0.1, 0.15) is 45.1 Å². The van der Waals surface area contributed by atoms with E-state index in [9.17, 15) is 4.79 Å². The van der Waals surface area contributed by atoms with Crippen LogP contribution in [0, 0.1) is 12.3 Å². The fourth-order valence-electron chi connectivity index (χ4n) is 2.64. The zero-order valence-electron chi connectivity index (χ0n) is 16.6. The second-order valence-corrected chi connectivity index (χ2v) is 6.83. The Labute approximate surface area is 165 Å². The summed E-state index contributed by atoms with van der Waals surface area (Å²) in [5, 5.41) is 0. The van der Waals surface area contributed by atoms with Gasteiger partial charge in [0.15, 0.2) is 0 Å². The predicted octanol–water partition coefficient (Wildman–Crippen LogP) is -0.220. The monoisotopic (exact) mass is 380 g/mol. The molecule has 1 unspecified atom stereocenters. The number of hydrogen-bond donors (Lipinski definition) is 1. The van der Waals surface area contributed by atoms with Crippen molar-refractivity contribution in [3.63, 3.8) is 0 Å². The van der Waals surface area contributed by atoms with E-state index in [1.54, 1.807) is 11.9 Å². The summed E-state index contributed by atoms with van der Waals surface area (Å²) in [7, 11) is 3.89. The molecule has 1 rings (SSSR count). The van der Waals surface area contributed by atoms with Crippen molar-refractivity contribution in [2.75, 3.05) is 27.2 Å². The maximum Gasteiger partial charge on any atom is 0.414 e. The van der Waals surface area contributed by atoms with Gasteiger partial charge in [0.2, 0.25) is 0 Å². The maximum atomic E-state index is 12.2. The molecular formula is C21H33ClN2O2. The molecule has 0 aliphatic carbocycles. The Balaban J connectivity index is 0.00000625. The minimum absolute atomic E-state index is 0. The smallest absolute Gasteiger partial charge is 0.414 e. The minimum Gasteiger partial charge on any atom is -1.00 e. The number of rotatable bonds is 10. The number of carbonyl (C=O) groups excluding carboxylic acids is 1. The number of benzene rings is 1. The van der Waals surface area contributed by atoms with Gasteiger partial charge in [0.25, 0.3) is 0 Å². The zero-order chi connectivity index (χ0) is 18.7. The Morgan fingerprint density at radius 2 is 2.08 bits per heavy atom. The lowest BCUT2D eigenvalue weighted by Gasteiger charge is -2.20. The quantitative estimate of drug-likeness (QED) is 0.450. The summed E-state index contributed by atoms with van der Waals surface area (Å²) >= 11 is 0. The molecule has 4 nitrogen and oxygen atoms in total. The molecule has 0 fully saturated rings. The van der Waals surface area contributed by atoms with E-state index in [-0.39, 0.29) is 18.5 Å². The topological polar surface area (TPSA) is 34.0 Å². The predicted molar refractivity (Wildman–Crippen MR) is 103 cm³/mol. The van der Waals surface area contributed by atoms with Crippen LogP contribution >= 0.6 is 0 Å². The van der Waals surface area contributed by atoms with E-state index in [0.29, 0.717) is 18.3 Å². The average molecular weight is 381 g/mol. The number of unbranched alkanes of at least 4 members (excludes halogenated alkanes) is 3. The Kier molecular flexibility index (Phi) is 12.6. The second kappa shape index (κ2) is 13.5. The van der Waals surface area contributed by atoms with Gasteiger partial charge in [-0.25, -0.2) is 4.79 Å². The average Bonchev–Trinajstić information content (AvgIpc) is 2.59. The third-order valence-electron chi connectivity index (χ3n) is 4.53. The number of likely N-dealkylation sites (N-methyl/N-ethyl adjacent to an activating group) is 1. The number of amides is 1. The molecule has 0 spiro atoms. The van der Waals surface area contributed by atoms with Crippen molar-refractivity contribution in [1.29, 1.82) is 0 Å². The van der Waals surface area contributed by atoms with Crippen molar-refractivity contribution in [1.82, 2.24) is 4.90 Å². The van der Waals surface area contributed by atoms with Gasteiger partial charge in [-0.15, -0.1) is 6.42 Å². The highest BCUT2D eigenvalue weighted by molar-refractivity contribution is 5.70. The lowest BCUT2D eigenvalue weighted by molar-refractivity contribution is -0.896. The van der Waals surface area contributed by atoms with Crippen LogP contribution < -0.4 is 22.0 Å². The highest BCUT2D eigenvalue weighted by Crippen LogP contribution is 2.15. The number of hydrogen-bond acceptors (Lipinski definition) is 2. The normalized spacial score (nSPS) is 12.4. The lowest BCUT2D eigenvalue weighted by Crippen LogP contribution is -3.12. The SMILES string of the molecule is C#CC[NH+](C)[C@H](C)Cc1cccc(OC(=O)N(C)CCCCCC)c1.[Cl-]. The molecule has 2 atom stereocenters. The molecule has 0 saturated heterocycles. The molecule has 0 bridgehead atoms. The van der Waals surface area contributed by atoms with Crippen molar-refractivity contribution < 1.29 is 26.8 Å². The van der Waals surface area contributed by atoms with Crippen LogP contribution in [0.4, 0.5) is 4.79 Å². The van der Waals surface area contributed by atoms with Gasteiger partial charge in [0, 0.05) is 20.0 Å². The van der Waals surface area contributed by atoms with Gasteiger partial charge in [0.1, 0.15) is 12.3 Å². The zero-order valence-corrected chi connectivity index (χ0v) is 17.3. The standard InChI is InChI=1S/C21H32N2O2.ClH/c1-6-8-9-10-15-23(5)21(24)25-20-13-11-12-19(17-20)16-18(3)22(4)14-7-2;/h2,11-13,17-18H,6,8-10,14-16H2,1,3-5H3;1H/t18-;/m1./s1. The van der Waals surface area contributed by atoms with E-state index in [1.165, 1.54) is 17.7 Å². The van der Waals surface area contributed by atoms with E-state index in [1.807, 2.05) is 18.2 Å². The molecule has 26 heavy (non-hydrogen) atoms. The summed E-state index contributed by atoms with van der Waals surface area (Å²) in [4.78, 5) is 15.1. The fraction of sp³-hybridized carbons (Fsp3) is 0.571. The highest BCUT2D eigenvalue weighted by Gasteiger charge is 2.14. The Hall–Kier alpha value is -1.70. The lowest BCUT2D eigenvalue weighted by atomic mass is 10.1. The van der Waals surface area contributed by atoms with Gasteiger partial charge >= 0.3 is 6.09 Å². The third kappa shape index (κ3) is 9.12. The van der Waals surface area contributed by atoms with Crippen LogP contribution in [-0.2, 0) is 6.42 Å². The molecule has 0 saturated carbocycles. The maximum absolute atomic E-state index is 12.2. The Morgan fingerprint density at radius 1 is 1.35 bits per heavy atom. The van der Waals surface area contributed by atoms with Gasteiger partial charge in [-0.3, -0.25) is 0 Å². The molecule has 5 heteroatoms. The van der Waals surface area contributed by atoms with Crippen molar-refractivity contribution in [2.45, 2.75) is 52.0 Å². The van der Waals surface area contributed by atoms with Crippen LogP contribution in [0.25, 0.3) is 0 Å². The van der Waals surface area contributed by atoms with E-state index in [4.69, 9.17) is 11.2 Å². The first kappa shape index (κ1) is 24.3. The van der Waals surface area contributed by atoms with E-state index in [2.05, 4.69) is 32.9 Å². The van der Waals surface area contributed by atoms with Crippen molar-refractivity contribution in [2.24, 2.45) is 0 Å². The Bertz CT molecular complexity index is 571. The van der Waals surface area contributed by atoms with Crippen LogP contribution in [0.5, 0.6) is 5.75 Å². The summed E-state index contributed by atoms with van der Waals surface area (Å²) in [5.41, 5.74) is 1.15. The van der Waals surface area contributed by atoms with Gasteiger partial charge in [-0.1, -0.05) is 38.3 Å². The van der Waals surface area contributed by atoms with Gasteiger partial charge < -0.3 is 26.9 Å². The number of ether oxygens (including phenoxy) is 1. The Morgan fingerprint density at radius 3 is 2.73 bits per heavy atom. The molecule has 0 aromatic heterocycles. The van der Waals surface area contributed by atoms with Gasteiger partial charge in [0.05, 0.1) is 13.1 Å². The summed E-state index contributed by atoms with van der Waals surface area (Å²) in [6, 6.07) is 8.17. The summed E-state index contributed by atoms with van der Waals surface area (Å²) < 4.78 is 5.51. The summed E-state index contributed by atoms with van der Waals surface area (Å²) in [5.74, 6) is 3.30. The van der Waals surface area contributed by atoms with Crippen LogP contribution in [0.3, 0.4) is 0 Å². The first-order valence-corrected chi connectivity index (χ1v) is 9.25. The molecular weight excluding hydrogens is 348 g/mol. The minimum atomic E-state index is -0.295. The van der Waals surface area contributed by atoms with Gasteiger partial charge in [-0.2, -0.15) is 0 Å². The first-order valence-electron chi connectivity index (χ1n) is 9.25. The molecule has 146 valence electrons. The van der Waals surface area contributed by atoms with E-state index in [0.717, 1.165) is 31.4 Å². The van der Waals surface area contributed by atoms with Crippen molar-refractivity contribution in [3.8, 4) is 18.1 Å². The molecule has 0 radical (unpaired) electrons. The van der Waals surface area contributed by atoms with E-state index >= 15 is 0 Å². The highest BCUT2D eigenvalue weighted by atomic mass is 35.5. The molecule has 1 aromatic carbocycles. The first-order chi connectivity index (χ1) is 12.0. The number of nitrogens with zero attached hydrogens (tertiary/aromatic N) is 1. The molecule has 0 aliphatic heterocycles. The number of carbonyl (C=O) groups is 1. The van der Waals surface area contributed by atoms with Crippen molar-refractivity contribution in [3.05, 3.63) is 29.8 Å². The van der Waals surface area contributed by atoms with Gasteiger partial charge in [-0.05, 0) is 37.0 Å². The second-order valence-electron chi connectivity index (χ2n) is 6.83.